The molecular formula is C12H15Cl2NOS. The van der Waals surface area contributed by atoms with E-state index in [0.717, 1.165) is 19.3 Å². The summed E-state index contributed by atoms with van der Waals surface area (Å²) in [6.45, 7) is 0.592. The van der Waals surface area contributed by atoms with Crippen LogP contribution in [0, 0.1) is 5.92 Å². The lowest BCUT2D eigenvalue weighted by molar-refractivity contribution is 0.558. The molecule has 5 heteroatoms. The van der Waals surface area contributed by atoms with Crippen LogP contribution in [0.25, 0.3) is 0 Å². The minimum absolute atomic E-state index is 0.121. The van der Waals surface area contributed by atoms with Gasteiger partial charge in [0, 0.05) is 10.3 Å². The van der Waals surface area contributed by atoms with Crippen molar-refractivity contribution < 1.29 is 4.21 Å². The van der Waals surface area contributed by atoms with Gasteiger partial charge in [-0.3, -0.25) is 4.21 Å². The maximum atomic E-state index is 12.5. The molecule has 0 aromatic heterocycles. The smallest absolute Gasteiger partial charge is 0.0592 e. The van der Waals surface area contributed by atoms with Crippen LogP contribution in [0.2, 0.25) is 10.0 Å². The molecule has 2 N–H and O–H groups in total. The fourth-order valence-corrected chi connectivity index (χ4v) is 4.74. The van der Waals surface area contributed by atoms with E-state index in [2.05, 4.69) is 0 Å². The molecule has 0 radical (unpaired) electrons. The fraction of sp³-hybridized carbons (Fsp3) is 0.500. The summed E-state index contributed by atoms with van der Waals surface area (Å²) < 4.78 is 12.5. The number of benzene rings is 1. The highest BCUT2D eigenvalue weighted by atomic mass is 35.5. The molecule has 3 atom stereocenters. The Hall–Kier alpha value is -0.0900. The molecule has 3 unspecified atom stereocenters. The van der Waals surface area contributed by atoms with Crippen LogP contribution in [0.15, 0.2) is 23.1 Å². The highest BCUT2D eigenvalue weighted by molar-refractivity contribution is 7.85. The average Bonchev–Trinajstić information content (AvgIpc) is 2.79. The Balaban J connectivity index is 2.27. The maximum absolute atomic E-state index is 12.5. The lowest BCUT2D eigenvalue weighted by atomic mass is 10.1. The van der Waals surface area contributed by atoms with E-state index in [1.807, 2.05) is 0 Å². The first-order chi connectivity index (χ1) is 8.13. The Bertz CT molecular complexity index is 439. The summed E-state index contributed by atoms with van der Waals surface area (Å²) in [5.41, 5.74) is 5.71. The molecule has 0 saturated heterocycles. The van der Waals surface area contributed by atoms with Crippen LogP contribution < -0.4 is 5.73 Å². The normalized spacial score (nSPS) is 26.1. The van der Waals surface area contributed by atoms with E-state index in [1.165, 1.54) is 0 Å². The van der Waals surface area contributed by atoms with E-state index in [1.54, 1.807) is 18.2 Å². The summed E-state index contributed by atoms with van der Waals surface area (Å²) in [5.74, 6) is 0.339. The van der Waals surface area contributed by atoms with Crippen molar-refractivity contribution in [3.8, 4) is 0 Å². The Morgan fingerprint density at radius 1 is 1.35 bits per heavy atom. The standard InChI is InChI=1S/C12H15Cl2NOS/c13-9-4-5-10(14)12(6-9)17(16)11-3-1-2-8(11)7-15/h4-6,8,11H,1-3,7,15H2. The van der Waals surface area contributed by atoms with Gasteiger partial charge in [-0.1, -0.05) is 29.6 Å². The van der Waals surface area contributed by atoms with Gasteiger partial charge in [0.25, 0.3) is 0 Å². The Kier molecular flexibility index (Phi) is 4.47. The number of hydrogen-bond acceptors (Lipinski definition) is 2. The Morgan fingerprint density at radius 3 is 2.82 bits per heavy atom. The first-order valence-corrected chi connectivity index (χ1v) is 7.66. The molecule has 0 bridgehead atoms. The van der Waals surface area contributed by atoms with Gasteiger partial charge in [0.2, 0.25) is 0 Å². The summed E-state index contributed by atoms with van der Waals surface area (Å²) in [6, 6.07) is 5.11. The monoisotopic (exact) mass is 291 g/mol. The van der Waals surface area contributed by atoms with Gasteiger partial charge in [0.1, 0.15) is 0 Å². The van der Waals surface area contributed by atoms with E-state index in [4.69, 9.17) is 28.9 Å². The van der Waals surface area contributed by atoms with Crippen molar-refractivity contribution in [2.75, 3.05) is 6.54 Å². The molecule has 1 aromatic carbocycles. The van der Waals surface area contributed by atoms with Crippen molar-refractivity contribution in [3.05, 3.63) is 28.2 Å². The second-order valence-electron chi connectivity index (χ2n) is 4.34. The molecule has 17 heavy (non-hydrogen) atoms. The van der Waals surface area contributed by atoms with Crippen LogP contribution in [-0.2, 0) is 10.8 Å². The predicted molar refractivity (Wildman–Crippen MR) is 73.1 cm³/mol. The molecule has 0 heterocycles. The van der Waals surface area contributed by atoms with Gasteiger partial charge in [0.05, 0.1) is 20.7 Å². The molecule has 2 nitrogen and oxygen atoms in total. The second kappa shape index (κ2) is 5.70. The zero-order chi connectivity index (χ0) is 12.4. The first kappa shape index (κ1) is 13.3. The van der Waals surface area contributed by atoms with Crippen LogP contribution in [0.1, 0.15) is 19.3 Å². The van der Waals surface area contributed by atoms with Gasteiger partial charge in [-0.05, 0) is 43.5 Å². The van der Waals surface area contributed by atoms with Crippen molar-refractivity contribution in [2.45, 2.75) is 29.4 Å². The van der Waals surface area contributed by atoms with Gasteiger partial charge in [-0.25, -0.2) is 0 Å². The molecule has 1 saturated carbocycles. The van der Waals surface area contributed by atoms with Crippen molar-refractivity contribution in [3.63, 3.8) is 0 Å². The summed E-state index contributed by atoms with van der Waals surface area (Å²) in [5, 5.41) is 1.21. The van der Waals surface area contributed by atoms with Crippen LogP contribution in [0.3, 0.4) is 0 Å². The minimum atomic E-state index is -1.11. The first-order valence-electron chi connectivity index (χ1n) is 5.69. The third-order valence-corrected chi connectivity index (χ3v) is 5.90. The van der Waals surface area contributed by atoms with E-state index in [-0.39, 0.29) is 5.25 Å². The van der Waals surface area contributed by atoms with Crippen molar-refractivity contribution in [2.24, 2.45) is 11.7 Å². The van der Waals surface area contributed by atoms with E-state index < -0.39 is 10.8 Å². The summed E-state index contributed by atoms with van der Waals surface area (Å²) in [4.78, 5) is 0.643. The average molecular weight is 292 g/mol. The molecule has 0 amide bonds. The number of hydrogen-bond donors (Lipinski definition) is 1. The van der Waals surface area contributed by atoms with E-state index >= 15 is 0 Å². The lowest BCUT2D eigenvalue weighted by Gasteiger charge is -2.18. The molecule has 94 valence electrons. The van der Waals surface area contributed by atoms with Crippen LogP contribution >= 0.6 is 23.2 Å². The molecular weight excluding hydrogens is 277 g/mol. The lowest BCUT2D eigenvalue weighted by Crippen LogP contribution is -2.26. The third-order valence-electron chi connectivity index (χ3n) is 3.28. The third kappa shape index (κ3) is 2.84. The summed E-state index contributed by atoms with van der Waals surface area (Å²) in [7, 11) is -1.11. The largest absolute Gasteiger partial charge is 0.330 e. The number of rotatable bonds is 3. The summed E-state index contributed by atoms with van der Waals surface area (Å²) >= 11 is 12.0. The molecule has 0 aliphatic heterocycles. The predicted octanol–water partition coefficient (Wildman–Crippen LogP) is 3.23. The van der Waals surface area contributed by atoms with Gasteiger partial charge in [0.15, 0.2) is 0 Å². The SMILES string of the molecule is NCC1CCCC1S(=O)c1cc(Cl)ccc1Cl. The molecule has 1 aliphatic rings. The number of nitrogens with two attached hydrogens (primary N) is 1. The van der Waals surface area contributed by atoms with Gasteiger partial charge in [-0.15, -0.1) is 0 Å². The van der Waals surface area contributed by atoms with Crippen molar-refractivity contribution in [1.29, 1.82) is 0 Å². The van der Waals surface area contributed by atoms with Crippen molar-refractivity contribution >= 4 is 34.0 Å². The number of halogens is 2. The highest BCUT2D eigenvalue weighted by Crippen LogP contribution is 2.34. The topological polar surface area (TPSA) is 43.1 Å². The van der Waals surface area contributed by atoms with Crippen LogP contribution in [-0.4, -0.2) is 16.0 Å². The molecule has 1 fully saturated rings. The van der Waals surface area contributed by atoms with Gasteiger partial charge >= 0.3 is 0 Å². The van der Waals surface area contributed by atoms with E-state index in [9.17, 15) is 4.21 Å². The Labute approximate surface area is 114 Å². The van der Waals surface area contributed by atoms with Crippen LogP contribution in [0.4, 0.5) is 0 Å². The van der Waals surface area contributed by atoms with E-state index in [0.29, 0.717) is 27.4 Å². The van der Waals surface area contributed by atoms with Gasteiger partial charge < -0.3 is 5.73 Å². The van der Waals surface area contributed by atoms with Crippen molar-refractivity contribution in [1.82, 2.24) is 0 Å². The minimum Gasteiger partial charge on any atom is -0.330 e. The highest BCUT2D eigenvalue weighted by Gasteiger charge is 2.32. The second-order valence-corrected chi connectivity index (χ2v) is 6.82. The zero-order valence-corrected chi connectivity index (χ0v) is 11.7. The molecule has 1 aliphatic carbocycles. The zero-order valence-electron chi connectivity index (χ0n) is 9.36. The van der Waals surface area contributed by atoms with Gasteiger partial charge in [-0.2, -0.15) is 0 Å². The molecule has 0 spiro atoms. The molecule has 2 rings (SSSR count). The fourth-order valence-electron chi connectivity index (χ4n) is 2.35. The Morgan fingerprint density at radius 2 is 2.12 bits per heavy atom. The quantitative estimate of drug-likeness (QED) is 0.929. The maximum Gasteiger partial charge on any atom is 0.0592 e. The molecule has 1 aromatic rings. The van der Waals surface area contributed by atoms with Crippen LogP contribution in [0.5, 0.6) is 0 Å². The summed E-state index contributed by atoms with van der Waals surface area (Å²) in [6.07, 6.45) is 3.11.